The lowest BCUT2D eigenvalue weighted by molar-refractivity contribution is -0.143. The highest BCUT2D eigenvalue weighted by Gasteiger charge is 2.50. The van der Waals surface area contributed by atoms with Crippen LogP contribution in [0.3, 0.4) is 0 Å². The molecule has 0 amide bonds. The van der Waals surface area contributed by atoms with Crippen LogP contribution in [0, 0.1) is 11.7 Å². The van der Waals surface area contributed by atoms with Crippen molar-refractivity contribution in [2.24, 2.45) is 11.1 Å². The van der Waals surface area contributed by atoms with Crippen molar-refractivity contribution in [2.45, 2.75) is 45.3 Å². The van der Waals surface area contributed by atoms with Gasteiger partial charge in [-0.25, -0.2) is 4.39 Å². The predicted molar refractivity (Wildman–Crippen MR) is 137 cm³/mol. The monoisotopic (exact) mass is 511 g/mol. The van der Waals surface area contributed by atoms with Gasteiger partial charge in [0.15, 0.2) is 5.60 Å². The molecule has 198 valence electrons. The molecule has 3 heterocycles. The zero-order valence-corrected chi connectivity index (χ0v) is 21.4. The normalized spacial score (nSPS) is 19.3. The van der Waals surface area contributed by atoms with Crippen LogP contribution < -0.4 is 9.47 Å². The van der Waals surface area contributed by atoms with E-state index in [4.69, 9.17) is 14.3 Å². The highest BCUT2D eigenvalue weighted by atomic mass is 19.1. The van der Waals surface area contributed by atoms with E-state index in [-0.39, 0.29) is 17.3 Å². The molecule has 0 radical (unpaired) electrons. The molecule has 37 heavy (non-hydrogen) atoms. The van der Waals surface area contributed by atoms with Crippen LogP contribution in [0.5, 0.6) is 11.5 Å². The summed E-state index contributed by atoms with van der Waals surface area (Å²) in [4.78, 5) is 21.6. The number of nitrogens with zero attached hydrogens (tertiary/aromatic N) is 3. The zero-order chi connectivity index (χ0) is 26.0. The largest absolute Gasteiger partial charge is 0.493 e. The van der Waals surface area contributed by atoms with Gasteiger partial charge >= 0.3 is 5.97 Å². The third kappa shape index (κ3) is 5.37. The van der Waals surface area contributed by atoms with Gasteiger partial charge in [0.05, 0.1) is 31.1 Å². The summed E-state index contributed by atoms with van der Waals surface area (Å²) in [5.41, 5.74) is 2.44. The summed E-state index contributed by atoms with van der Waals surface area (Å²) in [7, 11) is 0. The van der Waals surface area contributed by atoms with Crippen LogP contribution in [-0.4, -0.2) is 71.7 Å². The zero-order valence-electron chi connectivity index (χ0n) is 21.4. The molecule has 0 bridgehead atoms. The fraction of sp³-hybridized carbons (Fsp3) is 0.500. The Morgan fingerprint density at radius 1 is 1.11 bits per heavy atom. The number of piperidine rings is 1. The highest BCUT2D eigenvalue weighted by Crippen LogP contribution is 2.42. The van der Waals surface area contributed by atoms with Gasteiger partial charge in [-0.1, -0.05) is 17.3 Å². The van der Waals surface area contributed by atoms with Crippen LogP contribution in [0.25, 0.3) is 11.1 Å². The van der Waals surface area contributed by atoms with Gasteiger partial charge in [0.2, 0.25) is 0 Å². The summed E-state index contributed by atoms with van der Waals surface area (Å²) in [5, 5.41) is 13.6. The molecule has 0 saturated carbocycles. The second-order valence-electron chi connectivity index (χ2n) is 10.0. The van der Waals surface area contributed by atoms with Crippen LogP contribution in [0.1, 0.15) is 38.7 Å². The van der Waals surface area contributed by atoms with Gasteiger partial charge in [-0.05, 0) is 62.1 Å². The van der Waals surface area contributed by atoms with Gasteiger partial charge in [-0.15, -0.1) is 0 Å². The van der Waals surface area contributed by atoms with Crippen molar-refractivity contribution >= 4 is 11.8 Å². The van der Waals surface area contributed by atoms with E-state index in [1.54, 1.807) is 12.1 Å². The maximum atomic E-state index is 13.5. The number of hydrogen-bond acceptors (Lipinski definition) is 7. The number of ether oxygens (including phenoxy) is 2. The molecule has 0 aliphatic carbocycles. The van der Waals surface area contributed by atoms with Crippen molar-refractivity contribution in [3.8, 4) is 22.6 Å². The Morgan fingerprint density at radius 3 is 2.30 bits per heavy atom. The van der Waals surface area contributed by atoms with Crippen LogP contribution in [0.2, 0.25) is 0 Å². The second kappa shape index (κ2) is 10.6. The third-order valence-electron chi connectivity index (χ3n) is 7.32. The predicted octanol–water partition coefficient (Wildman–Crippen LogP) is 4.37. The molecule has 5 rings (SSSR count). The molecule has 1 N–H and O–H groups in total. The lowest BCUT2D eigenvalue weighted by atomic mass is 9.88. The molecule has 2 aromatic carbocycles. The number of hydrogen-bond donors (Lipinski definition) is 1. The van der Waals surface area contributed by atoms with Crippen LogP contribution >= 0.6 is 0 Å². The fourth-order valence-corrected chi connectivity index (χ4v) is 5.54. The van der Waals surface area contributed by atoms with E-state index < -0.39 is 5.97 Å². The van der Waals surface area contributed by atoms with Crippen LogP contribution in [0.15, 0.2) is 41.6 Å². The first-order chi connectivity index (χ1) is 17.9. The molecule has 2 aromatic rings. The molecule has 0 atom stereocenters. The van der Waals surface area contributed by atoms with E-state index in [1.165, 1.54) is 12.1 Å². The quantitative estimate of drug-likeness (QED) is 0.563. The SMILES string of the molecule is CCOc1cc(CN2CC3(CC(N4CCC(C(=O)O)CC4)=NO3)C2)cc(OCC)c1-c1ccc(F)cc1. The summed E-state index contributed by atoms with van der Waals surface area (Å²) in [6, 6.07) is 10.5. The number of oxime groups is 1. The number of halogens is 1. The van der Waals surface area contributed by atoms with Crippen molar-refractivity contribution in [1.82, 2.24) is 9.80 Å². The van der Waals surface area contributed by atoms with Crippen molar-refractivity contribution in [2.75, 3.05) is 39.4 Å². The van der Waals surface area contributed by atoms with E-state index in [0.717, 1.165) is 53.5 Å². The van der Waals surface area contributed by atoms with Gasteiger partial charge in [-0.3, -0.25) is 9.69 Å². The summed E-state index contributed by atoms with van der Waals surface area (Å²) in [6.07, 6.45) is 2.04. The highest BCUT2D eigenvalue weighted by molar-refractivity contribution is 5.84. The second-order valence-corrected chi connectivity index (χ2v) is 10.0. The lowest BCUT2D eigenvalue weighted by Gasteiger charge is -2.45. The van der Waals surface area contributed by atoms with Crippen LogP contribution in [-0.2, 0) is 16.2 Å². The van der Waals surface area contributed by atoms with E-state index in [2.05, 4.69) is 15.0 Å². The summed E-state index contributed by atoms with van der Waals surface area (Å²) < 4.78 is 25.5. The molecule has 0 unspecified atom stereocenters. The van der Waals surface area contributed by atoms with Crippen molar-refractivity contribution in [3.63, 3.8) is 0 Å². The molecule has 2 fully saturated rings. The smallest absolute Gasteiger partial charge is 0.306 e. The molecule has 3 aliphatic rings. The van der Waals surface area contributed by atoms with E-state index in [9.17, 15) is 14.3 Å². The van der Waals surface area contributed by atoms with Gasteiger partial charge in [0.25, 0.3) is 0 Å². The minimum absolute atomic E-state index is 0.259. The molecule has 2 saturated heterocycles. The number of carboxylic acid groups (broad SMARTS) is 1. The number of likely N-dealkylation sites (tertiary alicyclic amines) is 2. The minimum atomic E-state index is -0.707. The van der Waals surface area contributed by atoms with E-state index >= 15 is 0 Å². The number of benzene rings is 2. The molecule has 9 heteroatoms. The molecular formula is C28H34FN3O5. The molecule has 3 aliphatic heterocycles. The van der Waals surface area contributed by atoms with Gasteiger partial charge < -0.3 is 24.3 Å². The van der Waals surface area contributed by atoms with Crippen LogP contribution in [0.4, 0.5) is 4.39 Å². The topological polar surface area (TPSA) is 83.8 Å². The maximum absolute atomic E-state index is 13.5. The lowest BCUT2D eigenvalue weighted by Crippen LogP contribution is -2.61. The van der Waals surface area contributed by atoms with Gasteiger partial charge in [-0.2, -0.15) is 0 Å². The fourth-order valence-electron chi connectivity index (χ4n) is 5.54. The standard InChI is InChI=1S/C28H34FN3O5/c1-3-35-23-13-19(14-24(36-4-2)26(23)20-5-7-22(29)8-6-20)16-31-17-28(18-31)15-25(30-37-28)32-11-9-21(10-12-32)27(33)34/h5-8,13-14,21H,3-4,9-12,15-18H2,1-2H3,(H,33,34). The Labute approximate surface area is 216 Å². The van der Waals surface area contributed by atoms with Crippen molar-refractivity contribution in [1.29, 1.82) is 0 Å². The van der Waals surface area contributed by atoms with Gasteiger partial charge in [0, 0.05) is 32.7 Å². The third-order valence-corrected chi connectivity index (χ3v) is 7.32. The summed E-state index contributed by atoms with van der Waals surface area (Å²) >= 11 is 0. The van der Waals surface area contributed by atoms with E-state index in [0.29, 0.717) is 45.7 Å². The van der Waals surface area contributed by atoms with E-state index in [1.807, 2.05) is 26.0 Å². The number of amidine groups is 1. The first-order valence-electron chi connectivity index (χ1n) is 13.0. The minimum Gasteiger partial charge on any atom is -0.493 e. The Hall–Kier alpha value is -3.33. The number of rotatable bonds is 8. The Balaban J connectivity index is 1.24. The number of aliphatic carboxylic acids is 1. The Kier molecular flexibility index (Phi) is 7.24. The summed E-state index contributed by atoms with van der Waals surface area (Å²) in [5.74, 6) is 1.12. The van der Waals surface area contributed by atoms with Gasteiger partial charge in [0.1, 0.15) is 23.2 Å². The average Bonchev–Trinajstić information content (AvgIpc) is 3.31. The Morgan fingerprint density at radius 2 is 1.73 bits per heavy atom. The first-order valence-corrected chi connectivity index (χ1v) is 13.0. The average molecular weight is 512 g/mol. The summed E-state index contributed by atoms with van der Waals surface area (Å²) in [6.45, 7) is 8.56. The number of carboxylic acids is 1. The Bertz CT molecular complexity index is 1130. The molecule has 8 nitrogen and oxygen atoms in total. The molecule has 1 spiro atoms. The maximum Gasteiger partial charge on any atom is 0.306 e. The van der Waals surface area contributed by atoms with Crippen molar-refractivity contribution in [3.05, 3.63) is 47.8 Å². The molecular weight excluding hydrogens is 477 g/mol. The number of carbonyl (C=O) groups is 1. The van der Waals surface area contributed by atoms with Crippen molar-refractivity contribution < 1.29 is 28.6 Å². The molecule has 0 aromatic heterocycles. The first kappa shape index (κ1) is 25.3.